The number of nitrogens with zero attached hydrogens (tertiary/aromatic N) is 1. The van der Waals surface area contributed by atoms with Crippen molar-refractivity contribution in [2.45, 2.75) is 37.6 Å². The van der Waals surface area contributed by atoms with Gasteiger partial charge in [0.05, 0.1) is 6.54 Å². The van der Waals surface area contributed by atoms with Crippen molar-refractivity contribution in [3.63, 3.8) is 0 Å². The van der Waals surface area contributed by atoms with Crippen LogP contribution in [0, 0.1) is 0 Å². The molecular formula is C10H20Cl2F2N2. The van der Waals surface area contributed by atoms with Crippen molar-refractivity contribution in [1.82, 2.24) is 10.2 Å². The van der Waals surface area contributed by atoms with Crippen LogP contribution < -0.4 is 5.32 Å². The first kappa shape index (κ1) is 16.4. The van der Waals surface area contributed by atoms with Gasteiger partial charge in [0.15, 0.2) is 0 Å². The molecule has 2 saturated heterocycles. The first-order chi connectivity index (χ1) is 6.66. The summed E-state index contributed by atoms with van der Waals surface area (Å²) in [6, 6.07) is 0.0330. The summed E-state index contributed by atoms with van der Waals surface area (Å²) in [6.07, 6.45) is 3.44. The maximum absolute atomic E-state index is 12.8. The molecule has 0 bridgehead atoms. The Morgan fingerprint density at radius 1 is 1.19 bits per heavy atom. The summed E-state index contributed by atoms with van der Waals surface area (Å²) in [5.74, 6) is -2.46. The molecule has 2 rings (SSSR count). The van der Waals surface area contributed by atoms with E-state index in [9.17, 15) is 8.78 Å². The lowest BCUT2D eigenvalue weighted by Gasteiger charge is -2.17. The number of alkyl halides is 2. The third kappa shape index (κ3) is 4.70. The molecule has 2 aliphatic rings. The Bertz CT molecular complexity index is 199. The number of likely N-dealkylation sites (tertiary alicyclic amines) is 1. The van der Waals surface area contributed by atoms with Crippen LogP contribution in [0.15, 0.2) is 0 Å². The minimum atomic E-state index is -2.46. The van der Waals surface area contributed by atoms with Gasteiger partial charge in [0, 0.05) is 12.5 Å². The van der Waals surface area contributed by atoms with Gasteiger partial charge in [-0.1, -0.05) is 0 Å². The fourth-order valence-corrected chi connectivity index (χ4v) is 2.35. The molecule has 2 aliphatic heterocycles. The van der Waals surface area contributed by atoms with Gasteiger partial charge >= 0.3 is 0 Å². The topological polar surface area (TPSA) is 15.3 Å². The Morgan fingerprint density at radius 2 is 1.81 bits per heavy atom. The van der Waals surface area contributed by atoms with Crippen LogP contribution >= 0.6 is 24.8 Å². The normalized spacial score (nSPS) is 28.5. The molecule has 1 N–H and O–H groups in total. The van der Waals surface area contributed by atoms with Gasteiger partial charge in [-0.25, -0.2) is 8.78 Å². The van der Waals surface area contributed by atoms with Gasteiger partial charge in [0.2, 0.25) is 0 Å². The zero-order chi connectivity index (χ0) is 10.0. The molecule has 0 saturated carbocycles. The number of hydrogen-bond acceptors (Lipinski definition) is 2. The number of nitrogens with one attached hydrogen (secondary N) is 1. The molecule has 2 nitrogen and oxygen atoms in total. The molecule has 2 heterocycles. The van der Waals surface area contributed by atoms with E-state index in [0.717, 1.165) is 26.1 Å². The smallest absolute Gasteiger partial charge is 0.261 e. The number of halogens is 4. The second-order valence-corrected chi connectivity index (χ2v) is 4.48. The van der Waals surface area contributed by atoms with Gasteiger partial charge in [-0.3, -0.25) is 0 Å². The van der Waals surface area contributed by atoms with Crippen LogP contribution in [0.1, 0.15) is 25.7 Å². The van der Waals surface area contributed by atoms with Crippen LogP contribution in [0.25, 0.3) is 0 Å². The molecule has 0 spiro atoms. The lowest BCUT2D eigenvalue weighted by molar-refractivity contribution is 0.0206. The van der Waals surface area contributed by atoms with Crippen molar-refractivity contribution in [3.8, 4) is 0 Å². The van der Waals surface area contributed by atoms with Crippen LogP contribution in [0.2, 0.25) is 0 Å². The predicted octanol–water partition coefficient (Wildman–Crippen LogP) is 2.31. The SMILES string of the molecule is Cl.Cl.FC1(F)CN[C@H](CCN2CCCC2)C1. The summed E-state index contributed by atoms with van der Waals surface area (Å²) in [5, 5.41) is 2.89. The lowest BCUT2D eigenvalue weighted by atomic mass is 10.1. The molecule has 1 atom stereocenters. The molecule has 0 aromatic rings. The number of hydrogen-bond donors (Lipinski definition) is 1. The van der Waals surface area contributed by atoms with Crippen LogP contribution in [0.3, 0.4) is 0 Å². The Hall–Kier alpha value is 0.360. The van der Waals surface area contributed by atoms with Crippen LogP contribution in [0.5, 0.6) is 0 Å². The highest BCUT2D eigenvalue weighted by Crippen LogP contribution is 2.26. The molecule has 2 fully saturated rings. The Kier molecular flexibility index (Phi) is 7.10. The maximum Gasteiger partial charge on any atom is 0.261 e. The molecule has 0 radical (unpaired) electrons. The monoisotopic (exact) mass is 276 g/mol. The summed E-state index contributed by atoms with van der Waals surface area (Å²) < 4.78 is 25.6. The minimum Gasteiger partial charge on any atom is -0.308 e. The predicted molar refractivity (Wildman–Crippen MR) is 66.1 cm³/mol. The molecule has 98 valence electrons. The minimum absolute atomic E-state index is 0. The van der Waals surface area contributed by atoms with Crippen molar-refractivity contribution in [2.75, 3.05) is 26.2 Å². The van der Waals surface area contributed by atoms with Crippen LogP contribution in [-0.4, -0.2) is 43.0 Å². The molecule has 0 unspecified atom stereocenters. The third-order valence-corrected chi connectivity index (χ3v) is 3.19. The fraction of sp³-hybridized carbons (Fsp3) is 1.00. The fourth-order valence-electron chi connectivity index (χ4n) is 2.35. The van der Waals surface area contributed by atoms with Crippen molar-refractivity contribution < 1.29 is 8.78 Å². The summed E-state index contributed by atoms with van der Waals surface area (Å²) in [7, 11) is 0. The zero-order valence-electron chi connectivity index (χ0n) is 9.25. The maximum atomic E-state index is 12.8. The van der Waals surface area contributed by atoms with Crippen molar-refractivity contribution >= 4 is 24.8 Å². The molecule has 0 aromatic carbocycles. The molecule has 0 aliphatic carbocycles. The van der Waals surface area contributed by atoms with Crippen LogP contribution in [0.4, 0.5) is 8.78 Å². The van der Waals surface area contributed by atoms with E-state index in [1.807, 2.05) is 0 Å². The first-order valence-corrected chi connectivity index (χ1v) is 5.49. The largest absolute Gasteiger partial charge is 0.308 e. The van der Waals surface area contributed by atoms with E-state index in [0.29, 0.717) is 0 Å². The lowest BCUT2D eigenvalue weighted by Crippen LogP contribution is -2.28. The molecule has 0 amide bonds. The highest BCUT2D eigenvalue weighted by atomic mass is 35.5. The first-order valence-electron chi connectivity index (χ1n) is 5.49. The second-order valence-electron chi connectivity index (χ2n) is 4.48. The van der Waals surface area contributed by atoms with E-state index in [-0.39, 0.29) is 43.8 Å². The summed E-state index contributed by atoms with van der Waals surface area (Å²) in [6.45, 7) is 3.16. The highest BCUT2D eigenvalue weighted by molar-refractivity contribution is 5.85. The average Bonchev–Trinajstić information content (AvgIpc) is 2.70. The van der Waals surface area contributed by atoms with E-state index in [2.05, 4.69) is 10.2 Å². The average molecular weight is 277 g/mol. The summed E-state index contributed by atoms with van der Waals surface area (Å²) in [5.41, 5.74) is 0. The Morgan fingerprint density at radius 3 is 2.31 bits per heavy atom. The van der Waals surface area contributed by atoms with Gasteiger partial charge in [0.25, 0.3) is 5.92 Å². The van der Waals surface area contributed by atoms with E-state index >= 15 is 0 Å². The van der Waals surface area contributed by atoms with E-state index < -0.39 is 5.92 Å². The van der Waals surface area contributed by atoms with Crippen molar-refractivity contribution in [2.24, 2.45) is 0 Å². The van der Waals surface area contributed by atoms with Gasteiger partial charge in [-0.05, 0) is 38.9 Å². The third-order valence-electron chi connectivity index (χ3n) is 3.19. The van der Waals surface area contributed by atoms with E-state index in [4.69, 9.17) is 0 Å². The molecular weight excluding hydrogens is 257 g/mol. The van der Waals surface area contributed by atoms with Gasteiger partial charge in [-0.15, -0.1) is 24.8 Å². The summed E-state index contributed by atoms with van der Waals surface area (Å²) >= 11 is 0. The quantitative estimate of drug-likeness (QED) is 0.851. The van der Waals surface area contributed by atoms with Crippen molar-refractivity contribution in [3.05, 3.63) is 0 Å². The molecule has 16 heavy (non-hydrogen) atoms. The standard InChI is InChI=1S/C10H18F2N2.2ClH/c11-10(12)7-9(13-8-10)3-6-14-4-1-2-5-14;;/h9,13H,1-8H2;2*1H/t9-;;/m1../s1. The Labute approximate surface area is 108 Å². The molecule has 0 aromatic heterocycles. The van der Waals surface area contributed by atoms with Crippen LogP contribution in [-0.2, 0) is 0 Å². The highest BCUT2D eigenvalue weighted by Gasteiger charge is 2.38. The van der Waals surface area contributed by atoms with Gasteiger partial charge in [-0.2, -0.15) is 0 Å². The van der Waals surface area contributed by atoms with E-state index in [1.54, 1.807) is 0 Å². The summed E-state index contributed by atoms with van der Waals surface area (Å²) in [4.78, 5) is 2.37. The Balaban J connectivity index is 0.00000112. The van der Waals surface area contributed by atoms with Gasteiger partial charge in [0.1, 0.15) is 0 Å². The van der Waals surface area contributed by atoms with E-state index in [1.165, 1.54) is 12.8 Å². The zero-order valence-corrected chi connectivity index (χ0v) is 10.9. The second kappa shape index (κ2) is 6.94. The van der Waals surface area contributed by atoms with Crippen molar-refractivity contribution in [1.29, 1.82) is 0 Å². The molecule has 6 heteroatoms. The van der Waals surface area contributed by atoms with Gasteiger partial charge < -0.3 is 10.2 Å². The number of rotatable bonds is 3.